The molecule has 160 valence electrons. The van der Waals surface area contributed by atoms with Gasteiger partial charge in [0.15, 0.2) is 0 Å². The maximum Gasteiger partial charge on any atom is 0.303 e. The van der Waals surface area contributed by atoms with Gasteiger partial charge in [0, 0.05) is 25.4 Å². The fourth-order valence-electron chi connectivity index (χ4n) is 5.54. The molecule has 0 aromatic heterocycles. The van der Waals surface area contributed by atoms with E-state index in [1.807, 2.05) is 12.2 Å². The van der Waals surface area contributed by atoms with Gasteiger partial charge in [-0.3, -0.25) is 4.79 Å². The zero-order chi connectivity index (χ0) is 19.9. The average molecular weight is 395 g/mol. The molecule has 1 unspecified atom stereocenters. The number of rotatable bonds is 9. The number of hydrogen-bond donors (Lipinski definition) is 3. The minimum atomic E-state index is -0.730. The van der Waals surface area contributed by atoms with E-state index >= 15 is 0 Å². The summed E-state index contributed by atoms with van der Waals surface area (Å²) >= 11 is 0. The van der Waals surface area contributed by atoms with E-state index in [0.717, 1.165) is 38.0 Å². The summed E-state index contributed by atoms with van der Waals surface area (Å²) in [6, 6.07) is 0. The lowest BCUT2D eigenvalue weighted by Gasteiger charge is -2.21. The first-order valence-corrected chi connectivity index (χ1v) is 11.4. The van der Waals surface area contributed by atoms with Gasteiger partial charge in [0.2, 0.25) is 0 Å². The quantitative estimate of drug-likeness (QED) is 0.516. The summed E-state index contributed by atoms with van der Waals surface area (Å²) in [4.78, 5) is 10.7. The number of aliphatic hydroxyl groups is 2. The average Bonchev–Trinajstić information content (AvgIpc) is 3.23. The molecule has 2 aliphatic carbocycles. The lowest BCUT2D eigenvalue weighted by molar-refractivity contribution is -0.137. The van der Waals surface area contributed by atoms with E-state index in [4.69, 9.17) is 9.84 Å². The van der Waals surface area contributed by atoms with Crippen molar-refractivity contribution in [2.45, 2.75) is 95.4 Å². The molecule has 28 heavy (non-hydrogen) atoms. The van der Waals surface area contributed by atoms with Gasteiger partial charge in [-0.05, 0) is 56.3 Å². The fourth-order valence-corrected chi connectivity index (χ4v) is 5.54. The summed E-state index contributed by atoms with van der Waals surface area (Å²) in [5.74, 6) is 0.842. The van der Waals surface area contributed by atoms with Crippen LogP contribution >= 0.6 is 0 Å². The molecule has 1 heterocycles. The van der Waals surface area contributed by atoms with E-state index in [1.165, 1.54) is 25.7 Å². The lowest BCUT2D eigenvalue weighted by Crippen LogP contribution is -2.21. The second kappa shape index (κ2) is 10.7. The summed E-state index contributed by atoms with van der Waals surface area (Å²) < 4.78 is 6.12. The molecule has 1 aliphatic heterocycles. The van der Waals surface area contributed by atoms with Crippen LogP contribution in [0.15, 0.2) is 12.2 Å². The molecular weight excluding hydrogens is 356 g/mol. The number of aliphatic carboxylic acids is 1. The standard InChI is InChI=1S/C23H38O5/c24-18(10-8-16-4-1-2-5-16)11-13-19-20-12-9-17(6-3-7-23(26)27)15-28-22(20)14-21(19)25/h11,13,16-22,24-25H,1-10,12,14-15H2,(H,26,27)/b13-11+/t17-,18?,19+,20+,21+,22-/m0/s1. The lowest BCUT2D eigenvalue weighted by atomic mass is 9.86. The zero-order valence-corrected chi connectivity index (χ0v) is 17.0. The third kappa shape index (κ3) is 6.30. The highest BCUT2D eigenvalue weighted by Gasteiger charge is 2.43. The van der Waals surface area contributed by atoms with Crippen molar-refractivity contribution in [1.29, 1.82) is 0 Å². The van der Waals surface area contributed by atoms with Crippen LogP contribution in [0.3, 0.4) is 0 Å². The number of aliphatic hydroxyl groups excluding tert-OH is 2. The van der Waals surface area contributed by atoms with E-state index in [2.05, 4.69) is 0 Å². The molecule has 0 bridgehead atoms. The molecule has 1 saturated heterocycles. The fraction of sp³-hybridized carbons (Fsp3) is 0.870. The van der Waals surface area contributed by atoms with Crippen LogP contribution in [-0.4, -0.2) is 46.2 Å². The Morgan fingerprint density at radius 1 is 1.11 bits per heavy atom. The maximum atomic E-state index is 10.7. The smallest absolute Gasteiger partial charge is 0.303 e. The van der Waals surface area contributed by atoms with Gasteiger partial charge in [-0.25, -0.2) is 0 Å². The van der Waals surface area contributed by atoms with Gasteiger partial charge in [0.05, 0.1) is 18.3 Å². The SMILES string of the molecule is O=C(O)CCC[C@H]1CC[C@@H]2[C@@H](/C=C/C(O)CCC3CCCC3)[C@H](O)C[C@@H]2OC1. The Kier molecular flexibility index (Phi) is 8.36. The molecule has 3 N–H and O–H groups in total. The molecule has 5 heteroatoms. The third-order valence-corrected chi connectivity index (χ3v) is 7.25. The molecule has 3 rings (SSSR count). The van der Waals surface area contributed by atoms with Crippen LogP contribution in [0.5, 0.6) is 0 Å². The Morgan fingerprint density at radius 3 is 2.64 bits per heavy atom. The van der Waals surface area contributed by atoms with Crippen molar-refractivity contribution < 1.29 is 24.9 Å². The minimum absolute atomic E-state index is 0.0592. The van der Waals surface area contributed by atoms with E-state index in [-0.39, 0.29) is 18.4 Å². The summed E-state index contributed by atoms with van der Waals surface area (Å²) in [6.45, 7) is 0.675. The normalized spacial score (nSPS) is 35.1. The Bertz CT molecular complexity index is 513. The van der Waals surface area contributed by atoms with Gasteiger partial charge in [-0.1, -0.05) is 37.8 Å². The van der Waals surface area contributed by atoms with Gasteiger partial charge in [0.25, 0.3) is 0 Å². The van der Waals surface area contributed by atoms with E-state index in [1.54, 1.807) is 0 Å². The molecule has 5 nitrogen and oxygen atoms in total. The van der Waals surface area contributed by atoms with Crippen LogP contribution in [0.25, 0.3) is 0 Å². The Labute approximate surface area is 169 Å². The highest BCUT2D eigenvalue weighted by atomic mass is 16.5. The molecule has 3 aliphatic rings. The van der Waals surface area contributed by atoms with Crippen molar-refractivity contribution in [3.05, 3.63) is 12.2 Å². The van der Waals surface area contributed by atoms with Crippen molar-refractivity contribution in [1.82, 2.24) is 0 Å². The number of carbonyl (C=O) groups is 1. The summed E-state index contributed by atoms with van der Waals surface area (Å²) in [5, 5.41) is 29.7. The van der Waals surface area contributed by atoms with E-state index in [0.29, 0.717) is 31.3 Å². The van der Waals surface area contributed by atoms with Crippen LogP contribution in [0.4, 0.5) is 0 Å². The van der Waals surface area contributed by atoms with E-state index < -0.39 is 18.2 Å². The van der Waals surface area contributed by atoms with Crippen molar-refractivity contribution in [2.75, 3.05) is 6.61 Å². The molecule has 2 saturated carbocycles. The van der Waals surface area contributed by atoms with Gasteiger partial charge >= 0.3 is 5.97 Å². The van der Waals surface area contributed by atoms with Crippen molar-refractivity contribution >= 4 is 5.97 Å². The van der Waals surface area contributed by atoms with Crippen molar-refractivity contribution in [3.8, 4) is 0 Å². The van der Waals surface area contributed by atoms with Gasteiger partial charge in [-0.2, -0.15) is 0 Å². The Hall–Kier alpha value is -0.910. The second-order valence-corrected chi connectivity index (χ2v) is 9.33. The van der Waals surface area contributed by atoms with Crippen LogP contribution in [0, 0.1) is 23.7 Å². The molecule has 3 fully saturated rings. The van der Waals surface area contributed by atoms with Gasteiger partial charge in [-0.15, -0.1) is 0 Å². The number of carboxylic acids is 1. The monoisotopic (exact) mass is 394 g/mol. The van der Waals surface area contributed by atoms with Crippen LogP contribution in [0.1, 0.15) is 77.0 Å². The molecule has 0 radical (unpaired) electrons. The van der Waals surface area contributed by atoms with Crippen LogP contribution in [0.2, 0.25) is 0 Å². The number of fused-ring (bicyclic) bond motifs is 1. The molecule has 0 spiro atoms. The second-order valence-electron chi connectivity index (χ2n) is 9.33. The van der Waals surface area contributed by atoms with Crippen LogP contribution < -0.4 is 0 Å². The topological polar surface area (TPSA) is 87.0 Å². The maximum absolute atomic E-state index is 10.7. The van der Waals surface area contributed by atoms with Gasteiger partial charge < -0.3 is 20.1 Å². The first-order valence-electron chi connectivity index (χ1n) is 11.4. The van der Waals surface area contributed by atoms with Gasteiger partial charge in [0.1, 0.15) is 0 Å². The van der Waals surface area contributed by atoms with Crippen molar-refractivity contribution in [3.63, 3.8) is 0 Å². The highest BCUT2D eigenvalue weighted by molar-refractivity contribution is 5.66. The minimum Gasteiger partial charge on any atom is -0.481 e. The Morgan fingerprint density at radius 2 is 1.89 bits per heavy atom. The predicted octanol–water partition coefficient (Wildman–Crippen LogP) is 3.92. The number of ether oxygens (including phenoxy) is 1. The molecular formula is C23H38O5. The molecule has 0 amide bonds. The summed E-state index contributed by atoms with van der Waals surface area (Å²) in [6.07, 6.45) is 15.0. The van der Waals surface area contributed by atoms with Crippen LogP contribution in [-0.2, 0) is 9.53 Å². The highest BCUT2D eigenvalue weighted by Crippen LogP contribution is 2.42. The number of hydrogen-bond acceptors (Lipinski definition) is 4. The van der Waals surface area contributed by atoms with Crippen molar-refractivity contribution in [2.24, 2.45) is 23.7 Å². The Balaban J connectivity index is 1.46. The third-order valence-electron chi connectivity index (χ3n) is 7.25. The molecule has 0 aromatic carbocycles. The largest absolute Gasteiger partial charge is 0.481 e. The first kappa shape index (κ1) is 21.8. The molecule has 6 atom stereocenters. The predicted molar refractivity (Wildman–Crippen MR) is 108 cm³/mol. The molecule has 0 aromatic rings. The van der Waals surface area contributed by atoms with E-state index in [9.17, 15) is 15.0 Å². The number of carboxylic acid groups (broad SMARTS) is 1. The first-order chi connectivity index (χ1) is 13.5. The summed E-state index contributed by atoms with van der Waals surface area (Å²) in [7, 11) is 0. The zero-order valence-electron chi connectivity index (χ0n) is 17.0. The summed E-state index contributed by atoms with van der Waals surface area (Å²) in [5.41, 5.74) is 0.